The Morgan fingerprint density at radius 2 is 2.20 bits per heavy atom. The molecule has 0 aliphatic carbocycles. The van der Waals surface area contributed by atoms with E-state index in [-0.39, 0.29) is 23.7 Å². The first-order valence-corrected chi connectivity index (χ1v) is 5.83. The van der Waals surface area contributed by atoms with E-state index in [0.29, 0.717) is 11.6 Å². The lowest BCUT2D eigenvalue weighted by molar-refractivity contribution is -0.385. The number of hydrogen-bond acceptors (Lipinski definition) is 8. The zero-order valence-electron chi connectivity index (χ0n) is 11.0. The summed E-state index contributed by atoms with van der Waals surface area (Å²) in [5.74, 6) is 0.465. The minimum atomic E-state index is -0.506. The average molecular weight is 275 g/mol. The van der Waals surface area contributed by atoms with Gasteiger partial charge in [0.05, 0.1) is 17.2 Å². The van der Waals surface area contributed by atoms with Gasteiger partial charge in [0.1, 0.15) is 5.69 Å². The molecule has 2 aromatic heterocycles. The van der Waals surface area contributed by atoms with E-state index in [1.165, 1.54) is 0 Å². The molecular weight excluding hydrogens is 262 g/mol. The second-order valence-electron chi connectivity index (χ2n) is 3.91. The van der Waals surface area contributed by atoms with Crippen molar-refractivity contribution >= 4 is 17.5 Å². The molecule has 9 nitrogen and oxygen atoms in total. The molecule has 0 unspecified atom stereocenters. The molecule has 0 bridgehead atoms. The van der Waals surface area contributed by atoms with E-state index in [0.717, 1.165) is 0 Å². The summed E-state index contributed by atoms with van der Waals surface area (Å²) < 4.78 is 0. The van der Waals surface area contributed by atoms with Crippen LogP contribution in [0.4, 0.5) is 17.5 Å². The number of aromatic nitrogens is 4. The summed E-state index contributed by atoms with van der Waals surface area (Å²) in [6.07, 6.45) is 1.56. The van der Waals surface area contributed by atoms with Gasteiger partial charge in [0.25, 0.3) is 0 Å². The van der Waals surface area contributed by atoms with E-state index in [9.17, 15) is 10.1 Å². The number of nitro groups is 1. The normalized spacial score (nSPS) is 10.1. The van der Waals surface area contributed by atoms with Gasteiger partial charge in [-0.1, -0.05) is 0 Å². The Morgan fingerprint density at radius 3 is 2.80 bits per heavy atom. The van der Waals surface area contributed by atoms with Crippen LogP contribution in [0.25, 0.3) is 0 Å². The Balaban J connectivity index is 2.29. The van der Waals surface area contributed by atoms with Crippen LogP contribution in [-0.4, -0.2) is 32.1 Å². The van der Waals surface area contributed by atoms with Gasteiger partial charge in [-0.2, -0.15) is 15.2 Å². The lowest BCUT2D eigenvalue weighted by Gasteiger charge is -2.08. The molecule has 104 valence electrons. The molecule has 0 aliphatic heterocycles. The fourth-order valence-corrected chi connectivity index (χ4v) is 1.62. The Kier molecular flexibility index (Phi) is 3.99. The molecule has 0 saturated heterocycles. The Labute approximate surface area is 114 Å². The third-order valence-electron chi connectivity index (χ3n) is 2.53. The molecular formula is C11H13N7O2. The first kappa shape index (κ1) is 13.6. The van der Waals surface area contributed by atoms with E-state index in [4.69, 9.17) is 0 Å². The Hall–Kier alpha value is -2.84. The van der Waals surface area contributed by atoms with E-state index >= 15 is 0 Å². The predicted molar refractivity (Wildman–Crippen MR) is 72.3 cm³/mol. The van der Waals surface area contributed by atoms with Crippen molar-refractivity contribution in [2.24, 2.45) is 0 Å². The molecule has 2 aromatic rings. The zero-order chi connectivity index (χ0) is 14.5. The lowest BCUT2D eigenvalue weighted by atomic mass is 10.3. The van der Waals surface area contributed by atoms with Crippen molar-refractivity contribution in [3.63, 3.8) is 0 Å². The van der Waals surface area contributed by atoms with E-state index in [1.54, 1.807) is 32.3 Å². The number of anilines is 2. The lowest BCUT2D eigenvalue weighted by Crippen LogP contribution is -2.10. The van der Waals surface area contributed by atoms with Gasteiger partial charge >= 0.3 is 5.69 Å². The fourth-order valence-electron chi connectivity index (χ4n) is 1.62. The molecule has 0 fully saturated rings. The van der Waals surface area contributed by atoms with Gasteiger partial charge in [-0.3, -0.25) is 10.1 Å². The molecule has 0 spiro atoms. The minimum Gasteiger partial charge on any atom is -0.358 e. The SMILES string of the molecule is CNc1nc(C)c([N+](=O)[O-])c(NCc2cccnn2)n1. The van der Waals surface area contributed by atoms with Gasteiger partial charge in [0.2, 0.25) is 11.8 Å². The minimum absolute atomic E-state index is 0.145. The van der Waals surface area contributed by atoms with E-state index in [1.807, 2.05) is 0 Å². The maximum atomic E-state index is 11.1. The highest BCUT2D eigenvalue weighted by Crippen LogP contribution is 2.26. The van der Waals surface area contributed by atoms with Crippen molar-refractivity contribution in [1.29, 1.82) is 0 Å². The summed E-state index contributed by atoms with van der Waals surface area (Å²) in [5.41, 5.74) is 0.799. The summed E-state index contributed by atoms with van der Waals surface area (Å²) in [4.78, 5) is 18.6. The standard InChI is InChI=1S/C11H13N7O2/c1-7-9(18(19)20)10(16-11(12-2)15-7)13-6-8-4-3-5-14-17-8/h3-5H,6H2,1-2H3,(H2,12,13,15,16). The van der Waals surface area contributed by atoms with Gasteiger partial charge in [0.15, 0.2) is 0 Å². The van der Waals surface area contributed by atoms with Gasteiger partial charge < -0.3 is 10.6 Å². The highest BCUT2D eigenvalue weighted by Gasteiger charge is 2.21. The maximum absolute atomic E-state index is 11.1. The second-order valence-corrected chi connectivity index (χ2v) is 3.91. The van der Waals surface area contributed by atoms with E-state index in [2.05, 4.69) is 30.8 Å². The summed E-state index contributed by atoms with van der Waals surface area (Å²) in [5, 5.41) is 24.4. The Bertz CT molecular complexity index is 618. The summed E-state index contributed by atoms with van der Waals surface area (Å²) in [6.45, 7) is 1.85. The molecule has 0 radical (unpaired) electrons. The van der Waals surface area contributed by atoms with Crippen molar-refractivity contribution in [3.05, 3.63) is 39.8 Å². The van der Waals surface area contributed by atoms with Crippen LogP contribution in [0.15, 0.2) is 18.3 Å². The molecule has 2 N–H and O–H groups in total. The molecule has 0 saturated carbocycles. The molecule has 0 aliphatic rings. The highest BCUT2D eigenvalue weighted by molar-refractivity contribution is 5.60. The first-order chi connectivity index (χ1) is 9.61. The van der Waals surface area contributed by atoms with Crippen molar-refractivity contribution in [2.75, 3.05) is 17.7 Å². The molecule has 0 atom stereocenters. The first-order valence-electron chi connectivity index (χ1n) is 5.83. The summed E-state index contributed by atoms with van der Waals surface area (Å²) in [7, 11) is 1.65. The van der Waals surface area contributed by atoms with Gasteiger partial charge in [-0.25, -0.2) is 4.98 Å². The quantitative estimate of drug-likeness (QED) is 0.615. The van der Waals surface area contributed by atoms with Crippen LogP contribution in [-0.2, 0) is 6.54 Å². The number of aryl methyl sites for hydroxylation is 1. The van der Waals surface area contributed by atoms with Crippen molar-refractivity contribution in [1.82, 2.24) is 20.2 Å². The van der Waals surface area contributed by atoms with Crippen LogP contribution in [0.1, 0.15) is 11.4 Å². The van der Waals surface area contributed by atoms with Gasteiger partial charge in [-0.05, 0) is 19.1 Å². The van der Waals surface area contributed by atoms with Gasteiger partial charge in [0, 0.05) is 13.2 Å². The molecule has 0 aromatic carbocycles. The third-order valence-corrected chi connectivity index (χ3v) is 2.53. The Morgan fingerprint density at radius 1 is 1.40 bits per heavy atom. The van der Waals surface area contributed by atoms with Crippen LogP contribution >= 0.6 is 0 Å². The van der Waals surface area contributed by atoms with Crippen LogP contribution in [0.3, 0.4) is 0 Å². The smallest absolute Gasteiger partial charge is 0.332 e. The fraction of sp³-hybridized carbons (Fsp3) is 0.273. The van der Waals surface area contributed by atoms with Crippen molar-refractivity contribution in [3.8, 4) is 0 Å². The largest absolute Gasteiger partial charge is 0.358 e. The molecule has 2 rings (SSSR count). The number of nitrogens with one attached hydrogen (secondary N) is 2. The monoisotopic (exact) mass is 275 g/mol. The van der Waals surface area contributed by atoms with Crippen LogP contribution in [0, 0.1) is 17.0 Å². The van der Waals surface area contributed by atoms with Crippen molar-refractivity contribution < 1.29 is 4.92 Å². The topological polar surface area (TPSA) is 119 Å². The van der Waals surface area contributed by atoms with Crippen LogP contribution < -0.4 is 10.6 Å². The highest BCUT2D eigenvalue weighted by atomic mass is 16.6. The molecule has 20 heavy (non-hydrogen) atoms. The van der Waals surface area contributed by atoms with Gasteiger partial charge in [-0.15, -0.1) is 0 Å². The van der Waals surface area contributed by atoms with E-state index < -0.39 is 4.92 Å². The summed E-state index contributed by atoms with van der Waals surface area (Å²) in [6, 6.07) is 3.50. The second kappa shape index (κ2) is 5.87. The molecule has 2 heterocycles. The number of hydrogen-bond donors (Lipinski definition) is 2. The molecule has 9 heteroatoms. The average Bonchev–Trinajstić information content (AvgIpc) is 2.45. The maximum Gasteiger partial charge on any atom is 0.332 e. The van der Waals surface area contributed by atoms with Crippen LogP contribution in [0.5, 0.6) is 0 Å². The number of rotatable bonds is 5. The van der Waals surface area contributed by atoms with Crippen LogP contribution in [0.2, 0.25) is 0 Å². The predicted octanol–water partition coefficient (Wildman–Crippen LogP) is 1.14. The molecule has 0 amide bonds. The third kappa shape index (κ3) is 2.94. The summed E-state index contributed by atoms with van der Waals surface area (Å²) >= 11 is 0. The van der Waals surface area contributed by atoms with Crippen molar-refractivity contribution in [2.45, 2.75) is 13.5 Å². The number of nitrogens with zero attached hydrogens (tertiary/aromatic N) is 5. The zero-order valence-corrected chi connectivity index (χ0v) is 11.0.